The van der Waals surface area contributed by atoms with Crippen molar-refractivity contribution < 1.29 is 9.90 Å². The fraction of sp³-hybridized carbons (Fsp3) is 0.750. The van der Waals surface area contributed by atoms with Gasteiger partial charge in [0.25, 0.3) is 0 Å². The zero-order chi connectivity index (χ0) is 28.0. The minimum Gasteiger partial charge on any atom is -0.478 e. The summed E-state index contributed by atoms with van der Waals surface area (Å²) in [4.78, 5) is 13.9. The van der Waals surface area contributed by atoms with E-state index in [2.05, 4.69) is 59.7 Å². The number of fused-ring (bicyclic) bond motifs is 7. The second kappa shape index (κ2) is 8.94. The molecule has 4 saturated carbocycles. The fourth-order valence-electron chi connectivity index (χ4n) is 12.5. The monoisotopic (exact) mass is 531 g/mol. The number of benzene rings is 1. The van der Waals surface area contributed by atoms with Crippen molar-refractivity contribution >= 4 is 11.5 Å². The Morgan fingerprint density at radius 2 is 1.56 bits per heavy atom. The maximum atomic E-state index is 11.4. The summed E-state index contributed by atoms with van der Waals surface area (Å²) in [7, 11) is 4.59. The molecular weight excluding hydrogens is 478 g/mol. The van der Waals surface area contributed by atoms with Gasteiger partial charge in [-0.15, -0.1) is 0 Å². The summed E-state index contributed by atoms with van der Waals surface area (Å²) in [5.74, 6) is 2.40. The number of aromatic carboxylic acids is 1. The van der Waals surface area contributed by atoms with Gasteiger partial charge in [-0.1, -0.05) is 59.2 Å². The number of carboxylic acids is 1. The molecule has 1 N–H and O–H groups in total. The van der Waals surface area contributed by atoms with Gasteiger partial charge < -0.3 is 10.0 Å². The van der Waals surface area contributed by atoms with Crippen LogP contribution in [0, 0.1) is 50.7 Å². The van der Waals surface area contributed by atoms with Crippen molar-refractivity contribution in [1.29, 1.82) is 0 Å². The van der Waals surface area contributed by atoms with E-state index in [1.807, 2.05) is 12.1 Å². The Morgan fingerprint density at radius 1 is 0.846 bits per heavy atom. The SMILES string of the molecule is CN(C)CC12CCCC1C1CCC3C4(C)CC=C(c5ccc(C(=O)O)cc5)C(C)(C)C4CCC3(C)[C@]1(C)CC2. The molecule has 6 rings (SSSR count). The van der Waals surface area contributed by atoms with Gasteiger partial charge in [-0.3, -0.25) is 0 Å². The molecule has 0 bridgehead atoms. The first kappa shape index (κ1) is 27.6. The van der Waals surface area contributed by atoms with Gasteiger partial charge in [-0.25, -0.2) is 4.79 Å². The van der Waals surface area contributed by atoms with Gasteiger partial charge in [0.1, 0.15) is 0 Å². The van der Waals surface area contributed by atoms with Crippen LogP contribution < -0.4 is 0 Å². The Bertz CT molecular complexity index is 1160. The number of rotatable bonds is 4. The number of allylic oxidation sites excluding steroid dienone is 2. The van der Waals surface area contributed by atoms with E-state index < -0.39 is 5.97 Å². The van der Waals surface area contributed by atoms with Crippen LogP contribution in [-0.2, 0) is 0 Å². The van der Waals surface area contributed by atoms with Crippen LogP contribution in [0.25, 0.3) is 5.57 Å². The van der Waals surface area contributed by atoms with Gasteiger partial charge in [-0.2, -0.15) is 0 Å². The predicted molar refractivity (Wildman–Crippen MR) is 161 cm³/mol. The van der Waals surface area contributed by atoms with Crippen LogP contribution in [-0.4, -0.2) is 36.6 Å². The lowest BCUT2D eigenvalue weighted by atomic mass is 9.32. The Kier molecular flexibility index (Phi) is 6.32. The maximum Gasteiger partial charge on any atom is 0.335 e. The lowest BCUT2D eigenvalue weighted by Gasteiger charge is -2.72. The molecule has 4 fully saturated rings. The summed E-state index contributed by atoms with van der Waals surface area (Å²) in [6.07, 6.45) is 16.5. The van der Waals surface area contributed by atoms with Crippen molar-refractivity contribution in [2.45, 2.75) is 98.8 Å². The number of hydrogen-bond donors (Lipinski definition) is 1. The van der Waals surface area contributed by atoms with E-state index in [0.29, 0.717) is 33.1 Å². The molecule has 5 aliphatic rings. The molecule has 1 aromatic carbocycles. The van der Waals surface area contributed by atoms with Crippen LogP contribution in [0.4, 0.5) is 0 Å². The molecule has 3 heteroatoms. The fourth-order valence-corrected chi connectivity index (χ4v) is 12.5. The smallest absolute Gasteiger partial charge is 0.335 e. The van der Waals surface area contributed by atoms with E-state index >= 15 is 0 Å². The number of carbonyl (C=O) groups is 1. The molecule has 0 radical (unpaired) electrons. The number of carboxylic acid groups (broad SMARTS) is 1. The van der Waals surface area contributed by atoms with Gasteiger partial charge >= 0.3 is 5.97 Å². The van der Waals surface area contributed by atoms with E-state index in [-0.39, 0.29) is 5.41 Å². The van der Waals surface area contributed by atoms with Crippen LogP contribution in [0.3, 0.4) is 0 Å². The molecule has 3 nitrogen and oxygen atoms in total. The highest BCUT2D eigenvalue weighted by molar-refractivity contribution is 5.88. The molecule has 0 aromatic heterocycles. The van der Waals surface area contributed by atoms with Crippen molar-refractivity contribution in [2.75, 3.05) is 20.6 Å². The van der Waals surface area contributed by atoms with Crippen LogP contribution in [0.5, 0.6) is 0 Å². The minimum atomic E-state index is -0.846. The first-order valence-corrected chi connectivity index (χ1v) is 16.0. The topological polar surface area (TPSA) is 40.5 Å². The van der Waals surface area contributed by atoms with Crippen LogP contribution in [0.15, 0.2) is 30.3 Å². The van der Waals surface area contributed by atoms with Crippen LogP contribution in [0.2, 0.25) is 0 Å². The van der Waals surface area contributed by atoms with Gasteiger partial charge in [-0.05, 0) is 146 Å². The Morgan fingerprint density at radius 3 is 2.23 bits per heavy atom. The molecule has 7 unspecified atom stereocenters. The van der Waals surface area contributed by atoms with E-state index in [1.165, 1.54) is 75.5 Å². The number of hydrogen-bond acceptors (Lipinski definition) is 2. The standard InChI is InChI=1S/C36H53NO2/c1-32(2)26(24-10-12-25(13-11-24)31(38)39)16-19-33(3)29(32)17-20-35(5)30(33)15-14-27-28-9-8-18-36(28,23-37(6)7)22-21-34(27,35)4/h10-13,16,27-30H,8-9,14-15,17-23H2,1-7H3,(H,38,39)/t27?,28?,29?,30?,33?,34-,35?,36?/m1/s1. The third kappa shape index (κ3) is 3.73. The minimum absolute atomic E-state index is 0.0791. The summed E-state index contributed by atoms with van der Waals surface area (Å²) in [6.45, 7) is 14.4. The van der Waals surface area contributed by atoms with E-state index in [9.17, 15) is 9.90 Å². The van der Waals surface area contributed by atoms with Crippen LogP contribution >= 0.6 is 0 Å². The molecule has 0 saturated heterocycles. The lowest BCUT2D eigenvalue weighted by molar-refractivity contribution is -0.223. The second-order valence-electron chi connectivity index (χ2n) is 16.2. The van der Waals surface area contributed by atoms with E-state index in [1.54, 1.807) is 12.1 Å². The molecule has 39 heavy (non-hydrogen) atoms. The first-order valence-electron chi connectivity index (χ1n) is 16.0. The molecule has 0 spiro atoms. The second-order valence-corrected chi connectivity index (χ2v) is 16.2. The van der Waals surface area contributed by atoms with Gasteiger partial charge in [0, 0.05) is 6.54 Å². The lowest BCUT2D eigenvalue weighted by Crippen LogP contribution is -2.65. The van der Waals surface area contributed by atoms with Crippen molar-refractivity contribution in [1.82, 2.24) is 4.90 Å². The molecule has 0 aliphatic heterocycles. The quantitative estimate of drug-likeness (QED) is 0.422. The molecule has 5 aliphatic carbocycles. The molecular formula is C36H53NO2. The molecule has 0 heterocycles. The van der Waals surface area contributed by atoms with Crippen molar-refractivity contribution in [3.8, 4) is 0 Å². The summed E-state index contributed by atoms with van der Waals surface area (Å²) in [5.41, 5.74) is 4.86. The molecule has 0 amide bonds. The van der Waals surface area contributed by atoms with E-state index in [0.717, 1.165) is 24.2 Å². The zero-order valence-corrected chi connectivity index (χ0v) is 25.8. The average Bonchev–Trinajstić information content (AvgIpc) is 3.27. The van der Waals surface area contributed by atoms with Crippen LogP contribution in [0.1, 0.15) is 115 Å². The molecule has 8 atom stereocenters. The van der Waals surface area contributed by atoms with Crippen molar-refractivity contribution in [3.05, 3.63) is 41.5 Å². The Hall–Kier alpha value is -1.61. The highest BCUT2D eigenvalue weighted by atomic mass is 16.4. The Labute approximate surface area is 237 Å². The third-order valence-corrected chi connectivity index (χ3v) is 14.2. The highest BCUT2D eigenvalue weighted by Gasteiger charge is 2.69. The largest absolute Gasteiger partial charge is 0.478 e. The van der Waals surface area contributed by atoms with Crippen molar-refractivity contribution in [2.24, 2.45) is 50.7 Å². The zero-order valence-electron chi connectivity index (χ0n) is 25.8. The molecule has 1 aromatic rings. The van der Waals surface area contributed by atoms with E-state index in [4.69, 9.17) is 0 Å². The predicted octanol–water partition coefficient (Wildman–Crippen LogP) is 8.80. The highest BCUT2D eigenvalue weighted by Crippen LogP contribution is 2.77. The first-order chi connectivity index (χ1) is 18.3. The summed E-state index contributed by atoms with van der Waals surface area (Å²) >= 11 is 0. The number of nitrogens with zero attached hydrogens (tertiary/aromatic N) is 1. The van der Waals surface area contributed by atoms with Gasteiger partial charge in [0.2, 0.25) is 0 Å². The summed E-state index contributed by atoms with van der Waals surface area (Å²) < 4.78 is 0. The third-order valence-electron chi connectivity index (χ3n) is 14.2. The summed E-state index contributed by atoms with van der Waals surface area (Å²) in [6, 6.07) is 7.65. The normalized spacial score (nSPS) is 44.6. The summed E-state index contributed by atoms with van der Waals surface area (Å²) in [5, 5.41) is 9.40. The molecule has 214 valence electrons. The van der Waals surface area contributed by atoms with Gasteiger partial charge in [0.15, 0.2) is 0 Å². The van der Waals surface area contributed by atoms with Crippen molar-refractivity contribution in [3.63, 3.8) is 0 Å². The van der Waals surface area contributed by atoms with Gasteiger partial charge in [0.05, 0.1) is 5.56 Å². The maximum absolute atomic E-state index is 11.4. The Balaban J connectivity index is 1.33. The average molecular weight is 532 g/mol.